The van der Waals surface area contributed by atoms with Crippen LogP contribution >= 0.6 is 0 Å². The summed E-state index contributed by atoms with van der Waals surface area (Å²) < 4.78 is 0. The lowest BCUT2D eigenvalue weighted by molar-refractivity contribution is -0.152. The van der Waals surface area contributed by atoms with Gasteiger partial charge < -0.3 is 10.0 Å². The van der Waals surface area contributed by atoms with Gasteiger partial charge in [-0.15, -0.1) is 0 Å². The molecule has 0 radical (unpaired) electrons. The highest BCUT2D eigenvalue weighted by Crippen LogP contribution is 2.27. The number of carbonyl (C=O) groups is 2. The van der Waals surface area contributed by atoms with Crippen molar-refractivity contribution < 1.29 is 14.7 Å². The minimum absolute atomic E-state index is 0.0685. The predicted molar refractivity (Wildman–Crippen MR) is 72.8 cm³/mol. The Hall–Kier alpha value is -1.06. The van der Waals surface area contributed by atoms with Gasteiger partial charge in [-0.3, -0.25) is 4.79 Å². The van der Waals surface area contributed by atoms with Crippen LogP contribution in [0.1, 0.15) is 64.2 Å². The van der Waals surface area contributed by atoms with Crippen molar-refractivity contribution in [1.29, 1.82) is 0 Å². The third-order valence-electron chi connectivity index (χ3n) is 4.55. The summed E-state index contributed by atoms with van der Waals surface area (Å²) in [5, 5.41) is 9.21. The van der Waals surface area contributed by atoms with Crippen LogP contribution in [0.3, 0.4) is 0 Å². The van der Waals surface area contributed by atoms with Gasteiger partial charge in [-0.1, -0.05) is 25.7 Å². The Morgan fingerprint density at radius 2 is 1.58 bits per heavy atom. The monoisotopic (exact) mass is 267 g/mol. The number of carbonyl (C=O) groups excluding carboxylic acids is 1. The van der Waals surface area contributed by atoms with Gasteiger partial charge in [0.15, 0.2) is 0 Å². The van der Waals surface area contributed by atoms with Crippen molar-refractivity contribution >= 4 is 11.9 Å². The third kappa shape index (κ3) is 3.95. The number of carboxylic acid groups (broad SMARTS) is 1. The molecular weight excluding hydrogens is 242 g/mol. The predicted octanol–water partition coefficient (Wildman–Crippen LogP) is 2.81. The minimum atomic E-state index is -0.839. The fourth-order valence-corrected chi connectivity index (χ4v) is 3.42. The molecule has 2 rings (SSSR count). The number of amides is 1. The molecule has 1 saturated heterocycles. The van der Waals surface area contributed by atoms with E-state index < -0.39 is 12.0 Å². The minimum Gasteiger partial charge on any atom is -0.480 e. The molecule has 19 heavy (non-hydrogen) atoms. The van der Waals surface area contributed by atoms with Gasteiger partial charge in [0.1, 0.15) is 6.04 Å². The number of piperidine rings is 1. The zero-order valence-corrected chi connectivity index (χ0v) is 11.6. The van der Waals surface area contributed by atoms with Crippen LogP contribution in [0.5, 0.6) is 0 Å². The molecule has 1 N–H and O–H groups in total. The molecule has 4 heteroatoms. The zero-order chi connectivity index (χ0) is 13.7. The number of aliphatic carboxylic acids is 1. The van der Waals surface area contributed by atoms with E-state index in [0.29, 0.717) is 25.3 Å². The van der Waals surface area contributed by atoms with Crippen molar-refractivity contribution in [1.82, 2.24) is 4.90 Å². The van der Waals surface area contributed by atoms with Gasteiger partial charge in [-0.05, 0) is 38.0 Å². The first-order valence-electron chi connectivity index (χ1n) is 7.71. The largest absolute Gasteiger partial charge is 0.480 e. The Balaban J connectivity index is 1.91. The van der Waals surface area contributed by atoms with Gasteiger partial charge >= 0.3 is 5.97 Å². The van der Waals surface area contributed by atoms with Gasteiger partial charge in [0.25, 0.3) is 0 Å². The summed E-state index contributed by atoms with van der Waals surface area (Å²) in [7, 11) is 0. The fraction of sp³-hybridized carbons (Fsp3) is 0.867. The molecule has 0 aromatic carbocycles. The van der Waals surface area contributed by atoms with Crippen LogP contribution in [0.4, 0.5) is 0 Å². The van der Waals surface area contributed by atoms with Crippen LogP contribution in [-0.4, -0.2) is 34.5 Å². The first kappa shape index (κ1) is 14.4. The summed E-state index contributed by atoms with van der Waals surface area (Å²) in [6.07, 6.45) is 10.3. The number of hydrogen-bond acceptors (Lipinski definition) is 2. The van der Waals surface area contributed by atoms with Crippen molar-refractivity contribution in [3.05, 3.63) is 0 Å². The van der Waals surface area contributed by atoms with Crippen molar-refractivity contribution in [2.24, 2.45) is 5.92 Å². The highest BCUT2D eigenvalue weighted by Gasteiger charge is 2.32. The molecule has 1 heterocycles. The van der Waals surface area contributed by atoms with Gasteiger partial charge in [0.2, 0.25) is 5.91 Å². The van der Waals surface area contributed by atoms with Crippen LogP contribution in [0.15, 0.2) is 0 Å². The van der Waals surface area contributed by atoms with E-state index in [-0.39, 0.29) is 5.91 Å². The quantitative estimate of drug-likeness (QED) is 0.800. The number of hydrogen-bond donors (Lipinski definition) is 1. The van der Waals surface area contributed by atoms with Crippen LogP contribution < -0.4 is 0 Å². The second kappa shape index (κ2) is 6.92. The molecule has 2 fully saturated rings. The maximum Gasteiger partial charge on any atom is 0.326 e. The third-order valence-corrected chi connectivity index (χ3v) is 4.55. The van der Waals surface area contributed by atoms with E-state index in [1.807, 2.05) is 0 Å². The molecule has 1 amide bonds. The highest BCUT2D eigenvalue weighted by atomic mass is 16.4. The summed E-state index contributed by atoms with van der Waals surface area (Å²) in [6.45, 7) is 0.628. The maximum atomic E-state index is 12.4. The summed E-state index contributed by atoms with van der Waals surface area (Å²) in [5.41, 5.74) is 0. The van der Waals surface area contributed by atoms with Crippen LogP contribution in [0.25, 0.3) is 0 Å². The van der Waals surface area contributed by atoms with E-state index >= 15 is 0 Å². The van der Waals surface area contributed by atoms with E-state index in [2.05, 4.69) is 0 Å². The maximum absolute atomic E-state index is 12.4. The number of likely N-dealkylation sites (tertiary alicyclic amines) is 1. The first-order valence-corrected chi connectivity index (χ1v) is 7.71. The molecule has 0 spiro atoms. The smallest absolute Gasteiger partial charge is 0.326 e. The molecule has 2 aliphatic rings. The van der Waals surface area contributed by atoms with Crippen LogP contribution in [0, 0.1) is 5.92 Å². The van der Waals surface area contributed by atoms with Gasteiger partial charge in [0.05, 0.1) is 0 Å². The Kier molecular flexibility index (Phi) is 5.23. The van der Waals surface area contributed by atoms with E-state index in [1.54, 1.807) is 4.90 Å². The Bertz CT molecular complexity index is 321. The average molecular weight is 267 g/mol. The number of carboxylic acids is 1. The van der Waals surface area contributed by atoms with Crippen LogP contribution in [-0.2, 0) is 9.59 Å². The lowest BCUT2D eigenvalue weighted by atomic mass is 9.94. The van der Waals surface area contributed by atoms with Gasteiger partial charge in [-0.2, -0.15) is 0 Å². The summed E-state index contributed by atoms with van der Waals surface area (Å²) in [4.78, 5) is 25.2. The summed E-state index contributed by atoms with van der Waals surface area (Å²) >= 11 is 0. The topological polar surface area (TPSA) is 57.6 Å². The van der Waals surface area contributed by atoms with Gasteiger partial charge in [0, 0.05) is 13.0 Å². The molecule has 1 aliphatic heterocycles. The molecule has 1 saturated carbocycles. The zero-order valence-electron chi connectivity index (χ0n) is 11.6. The van der Waals surface area contributed by atoms with Crippen molar-refractivity contribution in [3.8, 4) is 0 Å². The normalized spacial score (nSPS) is 25.9. The number of rotatable bonds is 3. The number of nitrogens with zero attached hydrogens (tertiary/aromatic N) is 1. The standard InChI is InChI=1S/C15H25NO3/c17-14(11-12-7-3-1-2-4-8-12)16-10-6-5-9-13(16)15(18)19/h12-13H,1-11H2,(H,18,19)/t13-/m1/s1. The van der Waals surface area contributed by atoms with Crippen molar-refractivity contribution in [2.45, 2.75) is 70.3 Å². The van der Waals surface area contributed by atoms with Crippen molar-refractivity contribution in [2.75, 3.05) is 6.54 Å². The highest BCUT2D eigenvalue weighted by molar-refractivity contribution is 5.84. The molecule has 1 atom stereocenters. The van der Waals surface area contributed by atoms with Crippen LogP contribution in [0.2, 0.25) is 0 Å². The molecule has 4 nitrogen and oxygen atoms in total. The molecule has 0 aromatic rings. The molecule has 0 bridgehead atoms. The first-order chi connectivity index (χ1) is 9.18. The average Bonchev–Trinajstić information content (AvgIpc) is 2.67. The lowest BCUT2D eigenvalue weighted by Crippen LogP contribution is -2.48. The molecular formula is C15H25NO3. The molecule has 0 unspecified atom stereocenters. The van der Waals surface area contributed by atoms with E-state index in [4.69, 9.17) is 0 Å². The second-order valence-corrected chi connectivity index (χ2v) is 6.00. The Labute approximate surface area is 115 Å². The van der Waals surface area contributed by atoms with E-state index in [1.165, 1.54) is 25.7 Å². The van der Waals surface area contributed by atoms with Gasteiger partial charge in [-0.25, -0.2) is 4.79 Å². The summed E-state index contributed by atoms with van der Waals surface area (Å²) in [5.74, 6) is -0.292. The molecule has 108 valence electrons. The molecule has 0 aromatic heterocycles. The van der Waals surface area contributed by atoms with E-state index in [9.17, 15) is 14.7 Å². The molecule has 1 aliphatic carbocycles. The van der Waals surface area contributed by atoms with Crippen molar-refractivity contribution in [3.63, 3.8) is 0 Å². The Morgan fingerprint density at radius 1 is 0.947 bits per heavy atom. The lowest BCUT2D eigenvalue weighted by Gasteiger charge is -2.34. The second-order valence-electron chi connectivity index (χ2n) is 6.00. The fourth-order valence-electron chi connectivity index (χ4n) is 3.42. The van der Waals surface area contributed by atoms with E-state index in [0.717, 1.165) is 25.7 Å². The Morgan fingerprint density at radius 3 is 2.21 bits per heavy atom. The SMILES string of the molecule is O=C(O)[C@H]1CCCCN1C(=O)CC1CCCCCC1. The summed E-state index contributed by atoms with van der Waals surface area (Å²) in [6, 6.07) is -0.577.